The third-order valence-corrected chi connectivity index (χ3v) is 3.92. The molecule has 3 nitrogen and oxygen atoms in total. The first-order valence-corrected chi connectivity index (χ1v) is 7.25. The average molecular weight is 293 g/mol. The summed E-state index contributed by atoms with van der Waals surface area (Å²) in [6, 6.07) is 5.64. The third-order valence-electron chi connectivity index (χ3n) is 3.70. The number of hydrogen-bond donors (Lipinski definition) is 1. The Kier molecular flexibility index (Phi) is 3.72. The minimum absolute atomic E-state index is 0.482. The van der Waals surface area contributed by atoms with Crippen molar-refractivity contribution in [1.82, 2.24) is 0 Å². The molecule has 0 radical (unpaired) electrons. The van der Waals surface area contributed by atoms with E-state index in [-0.39, 0.29) is 0 Å². The Morgan fingerprint density at radius 1 is 1.40 bits per heavy atom. The molecular weight excluding hydrogens is 276 g/mol. The fourth-order valence-corrected chi connectivity index (χ4v) is 3.01. The van der Waals surface area contributed by atoms with Crippen molar-refractivity contribution in [3.8, 4) is 5.75 Å². The third kappa shape index (κ3) is 2.43. The van der Waals surface area contributed by atoms with Crippen molar-refractivity contribution in [2.75, 3.05) is 6.61 Å². The number of benzene rings is 1. The highest BCUT2D eigenvalue weighted by molar-refractivity contribution is 6.30. The standard InChI is InChI=1S/C16H17ClO3/c1-2-15-13(4-6-19-15)14(18)9-11-8-12(17)7-10-3-5-20-16(10)11/h4,6-8,14,18H,2-3,5,9H2,1H3. The molecule has 1 N–H and O–H groups in total. The summed E-state index contributed by atoms with van der Waals surface area (Å²) in [6.07, 6.45) is 3.15. The number of fused-ring (bicyclic) bond motifs is 1. The van der Waals surface area contributed by atoms with E-state index in [2.05, 4.69) is 0 Å². The van der Waals surface area contributed by atoms with Gasteiger partial charge in [-0.05, 0) is 29.3 Å². The van der Waals surface area contributed by atoms with Gasteiger partial charge < -0.3 is 14.3 Å². The summed E-state index contributed by atoms with van der Waals surface area (Å²) in [5.74, 6) is 1.71. The van der Waals surface area contributed by atoms with E-state index in [0.29, 0.717) is 18.1 Å². The Morgan fingerprint density at radius 2 is 2.25 bits per heavy atom. The van der Waals surface area contributed by atoms with Crippen LogP contribution in [0.4, 0.5) is 0 Å². The average Bonchev–Trinajstić information content (AvgIpc) is 3.06. The van der Waals surface area contributed by atoms with Crippen LogP contribution in [0.2, 0.25) is 5.02 Å². The van der Waals surface area contributed by atoms with Gasteiger partial charge in [0, 0.05) is 29.8 Å². The number of aliphatic hydroxyl groups is 1. The molecule has 0 bridgehead atoms. The Labute approximate surface area is 123 Å². The highest BCUT2D eigenvalue weighted by Gasteiger charge is 2.21. The van der Waals surface area contributed by atoms with Gasteiger partial charge in [0.15, 0.2) is 0 Å². The Balaban J connectivity index is 1.88. The van der Waals surface area contributed by atoms with Crippen molar-refractivity contribution in [3.05, 3.63) is 51.9 Å². The molecule has 2 heterocycles. The Bertz CT molecular complexity index is 618. The summed E-state index contributed by atoms with van der Waals surface area (Å²) in [4.78, 5) is 0. The van der Waals surface area contributed by atoms with Crippen LogP contribution < -0.4 is 4.74 Å². The summed E-state index contributed by atoms with van der Waals surface area (Å²) >= 11 is 6.14. The molecule has 4 heteroatoms. The minimum Gasteiger partial charge on any atom is -0.493 e. The molecule has 3 rings (SSSR count). The monoisotopic (exact) mass is 292 g/mol. The summed E-state index contributed by atoms with van der Waals surface area (Å²) in [5.41, 5.74) is 2.93. The number of hydrogen-bond acceptors (Lipinski definition) is 3. The first-order valence-electron chi connectivity index (χ1n) is 6.87. The lowest BCUT2D eigenvalue weighted by Gasteiger charge is -2.14. The predicted octanol–water partition coefficient (Wildman–Crippen LogP) is 3.71. The number of halogens is 1. The molecule has 1 atom stereocenters. The van der Waals surface area contributed by atoms with E-state index in [9.17, 15) is 5.11 Å². The number of ether oxygens (including phenoxy) is 1. The van der Waals surface area contributed by atoms with E-state index in [1.165, 1.54) is 0 Å². The fourth-order valence-electron chi connectivity index (χ4n) is 2.75. The van der Waals surface area contributed by atoms with E-state index >= 15 is 0 Å². The number of furan rings is 1. The van der Waals surface area contributed by atoms with Crippen molar-refractivity contribution in [2.45, 2.75) is 32.3 Å². The Hall–Kier alpha value is -1.45. The van der Waals surface area contributed by atoms with Crippen molar-refractivity contribution in [2.24, 2.45) is 0 Å². The molecule has 0 saturated heterocycles. The molecule has 1 aromatic carbocycles. The van der Waals surface area contributed by atoms with Gasteiger partial charge in [-0.3, -0.25) is 0 Å². The predicted molar refractivity (Wildman–Crippen MR) is 77.4 cm³/mol. The van der Waals surface area contributed by atoms with Gasteiger partial charge >= 0.3 is 0 Å². The topological polar surface area (TPSA) is 42.6 Å². The fraction of sp³-hybridized carbons (Fsp3) is 0.375. The summed E-state index contributed by atoms with van der Waals surface area (Å²) < 4.78 is 11.0. The van der Waals surface area contributed by atoms with Crippen LogP contribution in [0, 0.1) is 0 Å². The second-order valence-electron chi connectivity index (χ2n) is 5.02. The van der Waals surface area contributed by atoms with Crippen LogP contribution in [0.1, 0.15) is 35.5 Å². The van der Waals surface area contributed by atoms with E-state index in [1.54, 1.807) is 6.26 Å². The zero-order valence-corrected chi connectivity index (χ0v) is 12.1. The summed E-state index contributed by atoms with van der Waals surface area (Å²) in [7, 11) is 0. The molecule has 0 fully saturated rings. The summed E-state index contributed by atoms with van der Waals surface area (Å²) in [6.45, 7) is 2.69. The molecule has 0 amide bonds. The molecule has 1 aliphatic rings. The van der Waals surface area contributed by atoms with Crippen LogP contribution in [-0.4, -0.2) is 11.7 Å². The van der Waals surface area contributed by atoms with Gasteiger partial charge in [0.1, 0.15) is 11.5 Å². The smallest absolute Gasteiger partial charge is 0.126 e. The molecule has 106 valence electrons. The Morgan fingerprint density at radius 3 is 3.05 bits per heavy atom. The second kappa shape index (κ2) is 5.51. The normalized spacial score (nSPS) is 14.9. The van der Waals surface area contributed by atoms with Gasteiger partial charge in [-0.2, -0.15) is 0 Å². The maximum absolute atomic E-state index is 10.4. The summed E-state index contributed by atoms with van der Waals surface area (Å²) in [5, 5.41) is 11.1. The molecule has 1 aliphatic heterocycles. The SMILES string of the molecule is CCc1occc1C(O)Cc1cc(Cl)cc2c1OCC2. The van der Waals surface area contributed by atoms with Gasteiger partial charge in [0.05, 0.1) is 19.0 Å². The number of aryl methyl sites for hydroxylation is 1. The highest BCUT2D eigenvalue weighted by Crippen LogP contribution is 2.35. The van der Waals surface area contributed by atoms with Crippen LogP contribution in [-0.2, 0) is 19.3 Å². The number of aliphatic hydroxyl groups excluding tert-OH is 1. The van der Waals surface area contributed by atoms with Gasteiger partial charge in [0.25, 0.3) is 0 Å². The van der Waals surface area contributed by atoms with Gasteiger partial charge in [0.2, 0.25) is 0 Å². The van der Waals surface area contributed by atoms with Crippen LogP contribution in [0.15, 0.2) is 28.9 Å². The molecule has 20 heavy (non-hydrogen) atoms. The van der Waals surface area contributed by atoms with E-state index in [4.69, 9.17) is 20.8 Å². The molecule has 0 spiro atoms. The van der Waals surface area contributed by atoms with E-state index in [1.807, 2.05) is 25.1 Å². The molecular formula is C16H17ClO3. The van der Waals surface area contributed by atoms with Gasteiger partial charge in [-0.15, -0.1) is 0 Å². The highest BCUT2D eigenvalue weighted by atomic mass is 35.5. The van der Waals surface area contributed by atoms with Crippen molar-refractivity contribution >= 4 is 11.6 Å². The zero-order chi connectivity index (χ0) is 14.1. The van der Waals surface area contributed by atoms with Gasteiger partial charge in [-0.1, -0.05) is 18.5 Å². The minimum atomic E-state index is -0.601. The maximum atomic E-state index is 10.4. The first-order chi connectivity index (χ1) is 9.69. The van der Waals surface area contributed by atoms with Crippen LogP contribution in [0.3, 0.4) is 0 Å². The first kappa shape index (κ1) is 13.5. The van der Waals surface area contributed by atoms with E-state index in [0.717, 1.165) is 41.0 Å². The molecule has 0 aliphatic carbocycles. The van der Waals surface area contributed by atoms with Crippen LogP contribution >= 0.6 is 11.6 Å². The van der Waals surface area contributed by atoms with Crippen molar-refractivity contribution in [3.63, 3.8) is 0 Å². The lowest BCUT2D eigenvalue weighted by molar-refractivity contribution is 0.174. The van der Waals surface area contributed by atoms with Crippen molar-refractivity contribution < 1.29 is 14.3 Å². The maximum Gasteiger partial charge on any atom is 0.126 e. The number of rotatable bonds is 4. The zero-order valence-electron chi connectivity index (χ0n) is 11.4. The van der Waals surface area contributed by atoms with Gasteiger partial charge in [-0.25, -0.2) is 0 Å². The molecule has 1 aromatic heterocycles. The molecule has 0 saturated carbocycles. The largest absolute Gasteiger partial charge is 0.493 e. The molecule has 1 unspecified atom stereocenters. The van der Waals surface area contributed by atoms with Crippen molar-refractivity contribution in [1.29, 1.82) is 0 Å². The lowest BCUT2D eigenvalue weighted by Crippen LogP contribution is -2.04. The van der Waals surface area contributed by atoms with Crippen LogP contribution in [0.5, 0.6) is 5.75 Å². The molecule has 2 aromatic rings. The second-order valence-corrected chi connectivity index (χ2v) is 5.46. The van der Waals surface area contributed by atoms with E-state index < -0.39 is 6.10 Å². The lowest BCUT2D eigenvalue weighted by atomic mass is 9.98. The van der Waals surface area contributed by atoms with Crippen LogP contribution in [0.25, 0.3) is 0 Å². The quantitative estimate of drug-likeness (QED) is 0.934.